The fourth-order valence-electron chi connectivity index (χ4n) is 2.71. The Bertz CT molecular complexity index is 673. The van der Waals surface area contributed by atoms with Crippen molar-refractivity contribution in [2.24, 2.45) is 5.92 Å². The van der Waals surface area contributed by atoms with Crippen LogP contribution >= 0.6 is 0 Å². The molecule has 1 aromatic carbocycles. The number of amides is 1. The van der Waals surface area contributed by atoms with E-state index in [2.05, 4.69) is 5.32 Å². The summed E-state index contributed by atoms with van der Waals surface area (Å²) in [4.78, 5) is 33.5. The van der Waals surface area contributed by atoms with Gasteiger partial charge < -0.3 is 24.6 Å². The van der Waals surface area contributed by atoms with Crippen LogP contribution in [-0.4, -0.2) is 54.1 Å². The van der Waals surface area contributed by atoms with E-state index in [0.29, 0.717) is 31.3 Å². The number of carboxylic acid groups (broad SMARTS) is 1. The third-order valence-electron chi connectivity index (χ3n) is 4.46. The summed E-state index contributed by atoms with van der Waals surface area (Å²) < 4.78 is 15.9. The highest BCUT2D eigenvalue weighted by molar-refractivity contribution is 5.80. The Kier molecular flexibility index (Phi) is 8.15. The molecule has 28 heavy (non-hydrogen) atoms. The van der Waals surface area contributed by atoms with Gasteiger partial charge in [-0.2, -0.15) is 0 Å². The second kappa shape index (κ2) is 10.6. The highest BCUT2D eigenvalue weighted by atomic mass is 16.6. The number of hydrogen-bond donors (Lipinski definition) is 2. The van der Waals surface area contributed by atoms with Gasteiger partial charge in [-0.15, -0.1) is 0 Å². The zero-order chi connectivity index (χ0) is 20.5. The molecule has 1 aliphatic rings. The first-order chi connectivity index (χ1) is 13.4. The summed E-state index contributed by atoms with van der Waals surface area (Å²) in [5, 5.41) is 22.3. The minimum absolute atomic E-state index is 0.0744. The second-order valence-electron chi connectivity index (χ2n) is 6.55. The zero-order valence-corrected chi connectivity index (χ0v) is 15.5. The van der Waals surface area contributed by atoms with Gasteiger partial charge in [0.05, 0.1) is 17.6 Å². The second-order valence-corrected chi connectivity index (χ2v) is 6.55. The van der Waals surface area contributed by atoms with Crippen LogP contribution in [0.5, 0.6) is 0 Å². The number of carboxylic acids is 1. The van der Waals surface area contributed by atoms with E-state index in [-0.39, 0.29) is 12.3 Å². The summed E-state index contributed by atoms with van der Waals surface area (Å²) in [7, 11) is 0. The molecular formula is C18H24N2O8. The van der Waals surface area contributed by atoms with E-state index in [9.17, 15) is 24.8 Å². The van der Waals surface area contributed by atoms with Crippen LogP contribution in [0.4, 0.5) is 10.5 Å². The Morgan fingerprint density at radius 1 is 1.32 bits per heavy atom. The number of non-ortho nitro benzene ring substituents is 1. The number of nitrogens with one attached hydrogen (secondary N) is 1. The largest absolute Gasteiger partial charge is 0.480 e. The quantitative estimate of drug-likeness (QED) is 0.478. The van der Waals surface area contributed by atoms with Crippen molar-refractivity contribution < 1.29 is 33.8 Å². The predicted octanol–water partition coefficient (Wildman–Crippen LogP) is 2.11. The summed E-state index contributed by atoms with van der Waals surface area (Å²) in [6.45, 7) is 3.16. The van der Waals surface area contributed by atoms with E-state index in [0.717, 1.165) is 12.8 Å². The summed E-state index contributed by atoms with van der Waals surface area (Å²) >= 11 is 0. The molecule has 1 amide bonds. The number of rotatable bonds is 9. The molecule has 0 aliphatic carbocycles. The van der Waals surface area contributed by atoms with Crippen molar-refractivity contribution in [3.05, 3.63) is 39.9 Å². The normalized spacial score (nSPS) is 16.8. The number of nitro groups is 1. The van der Waals surface area contributed by atoms with Gasteiger partial charge in [0.1, 0.15) is 6.61 Å². The lowest BCUT2D eigenvalue weighted by Gasteiger charge is -2.26. The number of benzene rings is 1. The van der Waals surface area contributed by atoms with Gasteiger partial charge in [-0.25, -0.2) is 9.59 Å². The fourth-order valence-corrected chi connectivity index (χ4v) is 2.71. The van der Waals surface area contributed by atoms with Crippen molar-refractivity contribution in [3.63, 3.8) is 0 Å². The fraction of sp³-hybridized carbons (Fsp3) is 0.556. The molecule has 0 aromatic heterocycles. The molecule has 2 rings (SSSR count). The molecule has 0 unspecified atom stereocenters. The van der Waals surface area contributed by atoms with Crippen LogP contribution in [0.25, 0.3) is 0 Å². The summed E-state index contributed by atoms with van der Waals surface area (Å²) in [5.74, 6) is -0.925. The van der Waals surface area contributed by atoms with Crippen molar-refractivity contribution in [1.82, 2.24) is 5.32 Å². The number of carbonyl (C=O) groups excluding carboxylic acids is 1. The zero-order valence-electron chi connectivity index (χ0n) is 15.5. The predicted molar refractivity (Wildman–Crippen MR) is 96.8 cm³/mol. The molecule has 2 atom stereocenters. The molecule has 1 heterocycles. The first-order valence-corrected chi connectivity index (χ1v) is 8.95. The Labute approximate surface area is 161 Å². The van der Waals surface area contributed by atoms with E-state index in [4.69, 9.17) is 14.2 Å². The average Bonchev–Trinajstić information content (AvgIpc) is 2.69. The lowest BCUT2D eigenvalue weighted by molar-refractivity contribution is -0.384. The van der Waals surface area contributed by atoms with E-state index in [1.807, 2.05) is 0 Å². The van der Waals surface area contributed by atoms with Gasteiger partial charge in [-0.05, 0) is 43.4 Å². The first-order valence-electron chi connectivity index (χ1n) is 8.95. The smallest absolute Gasteiger partial charge is 0.408 e. The van der Waals surface area contributed by atoms with Crippen LogP contribution < -0.4 is 5.32 Å². The number of nitro benzene ring substituents is 1. The number of carbonyl (C=O) groups is 2. The molecule has 1 saturated heterocycles. The molecular weight excluding hydrogens is 372 g/mol. The SMILES string of the molecule is C[C@@H](OCC1CCOCC1)[C@H](NC(=O)OCc1ccc([N+](=O)[O-])cc1)C(=O)O. The van der Waals surface area contributed by atoms with Gasteiger partial charge in [0, 0.05) is 25.3 Å². The number of ether oxygens (including phenoxy) is 3. The third-order valence-corrected chi connectivity index (χ3v) is 4.46. The van der Waals surface area contributed by atoms with Crippen molar-refractivity contribution in [3.8, 4) is 0 Å². The summed E-state index contributed by atoms with van der Waals surface area (Å²) in [6.07, 6.45) is 0.0594. The van der Waals surface area contributed by atoms with E-state index < -0.39 is 29.1 Å². The standard InChI is InChI=1S/C18H24N2O8/c1-12(27-10-14-6-8-26-9-7-14)16(17(21)22)19-18(23)28-11-13-2-4-15(5-3-13)20(24)25/h2-5,12,14,16H,6-11H2,1H3,(H,19,23)(H,21,22)/t12-,16+/m1/s1. The molecule has 0 spiro atoms. The number of nitrogens with zero attached hydrogens (tertiary/aromatic N) is 1. The summed E-state index contributed by atoms with van der Waals surface area (Å²) in [5.41, 5.74) is 0.464. The van der Waals surface area contributed by atoms with Gasteiger partial charge in [0.15, 0.2) is 6.04 Å². The Balaban J connectivity index is 1.80. The number of hydrogen-bond acceptors (Lipinski definition) is 7. The van der Waals surface area contributed by atoms with Crippen molar-refractivity contribution in [1.29, 1.82) is 0 Å². The van der Waals surface area contributed by atoms with Crippen LogP contribution in [0.3, 0.4) is 0 Å². The topological polar surface area (TPSA) is 137 Å². The Morgan fingerprint density at radius 3 is 2.54 bits per heavy atom. The Morgan fingerprint density at radius 2 is 1.96 bits per heavy atom. The molecule has 0 saturated carbocycles. The monoisotopic (exact) mass is 396 g/mol. The first kappa shape index (κ1) is 21.6. The van der Waals surface area contributed by atoms with Gasteiger partial charge >= 0.3 is 12.1 Å². The third kappa shape index (κ3) is 6.78. The van der Waals surface area contributed by atoms with Crippen molar-refractivity contribution in [2.75, 3.05) is 19.8 Å². The molecule has 2 N–H and O–H groups in total. The van der Waals surface area contributed by atoms with Crippen molar-refractivity contribution >= 4 is 17.7 Å². The summed E-state index contributed by atoms with van der Waals surface area (Å²) in [6, 6.07) is 4.25. The lowest BCUT2D eigenvalue weighted by atomic mass is 10.0. The van der Waals surface area contributed by atoms with Gasteiger partial charge in [-0.1, -0.05) is 0 Å². The lowest BCUT2D eigenvalue weighted by Crippen LogP contribution is -2.49. The minimum atomic E-state index is -1.26. The van der Waals surface area contributed by atoms with Crippen molar-refractivity contribution in [2.45, 2.75) is 38.5 Å². The molecule has 1 aromatic rings. The molecule has 0 bridgehead atoms. The molecule has 10 nitrogen and oxygen atoms in total. The van der Waals surface area contributed by atoms with Gasteiger partial charge in [0.25, 0.3) is 5.69 Å². The van der Waals surface area contributed by atoms with Crippen LogP contribution in [0, 0.1) is 16.0 Å². The molecule has 1 fully saturated rings. The van der Waals surface area contributed by atoms with Crippen LogP contribution in [-0.2, 0) is 25.6 Å². The number of alkyl carbamates (subject to hydrolysis) is 1. The maximum absolute atomic E-state index is 11.9. The van der Waals surface area contributed by atoms with E-state index in [1.165, 1.54) is 24.3 Å². The molecule has 1 aliphatic heterocycles. The maximum Gasteiger partial charge on any atom is 0.408 e. The molecule has 10 heteroatoms. The van der Waals surface area contributed by atoms with Gasteiger partial charge in [-0.3, -0.25) is 10.1 Å². The van der Waals surface area contributed by atoms with E-state index in [1.54, 1.807) is 6.92 Å². The Hall–Kier alpha value is -2.72. The highest BCUT2D eigenvalue weighted by Crippen LogP contribution is 2.16. The molecule has 0 radical (unpaired) electrons. The van der Waals surface area contributed by atoms with E-state index >= 15 is 0 Å². The minimum Gasteiger partial charge on any atom is -0.480 e. The van der Waals surface area contributed by atoms with Gasteiger partial charge in [0.2, 0.25) is 0 Å². The maximum atomic E-state index is 11.9. The van der Waals surface area contributed by atoms with Crippen LogP contribution in [0.2, 0.25) is 0 Å². The van der Waals surface area contributed by atoms with Crippen LogP contribution in [0.15, 0.2) is 24.3 Å². The number of aliphatic carboxylic acids is 1. The highest BCUT2D eigenvalue weighted by Gasteiger charge is 2.29. The average molecular weight is 396 g/mol. The molecule has 154 valence electrons. The van der Waals surface area contributed by atoms with Crippen LogP contribution in [0.1, 0.15) is 25.3 Å².